The minimum absolute atomic E-state index is 0.0352. The summed E-state index contributed by atoms with van der Waals surface area (Å²) in [4.78, 5) is 39.0. The van der Waals surface area contributed by atoms with E-state index in [2.05, 4.69) is 16.0 Å². The van der Waals surface area contributed by atoms with Gasteiger partial charge < -0.3 is 20.9 Å². The summed E-state index contributed by atoms with van der Waals surface area (Å²) >= 11 is 0. The van der Waals surface area contributed by atoms with Crippen molar-refractivity contribution in [1.29, 1.82) is 0 Å². The number of hydrogen-bond donors (Lipinski definition) is 3. The van der Waals surface area contributed by atoms with Crippen molar-refractivity contribution in [2.45, 2.75) is 27.2 Å². The number of amides is 3. The number of rotatable bonds is 9. The fraction of sp³-hybridized carbons (Fsp3) is 0.222. The first kappa shape index (κ1) is 24.5. The monoisotopic (exact) mass is 458 g/mol. The molecule has 3 N–H and O–H groups in total. The number of hydrogen-bond acceptors (Lipinski definition) is 4. The van der Waals surface area contributed by atoms with Gasteiger partial charge in [0.05, 0.1) is 6.54 Å². The number of carbonyl (C=O) groups is 3. The molecule has 0 bridgehead atoms. The highest BCUT2D eigenvalue weighted by Crippen LogP contribution is 2.21. The van der Waals surface area contributed by atoms with Gasteiger partial charge in [0.15, 0.2) is 0 Å². The van der Waals surface area contributed by atoms with Crippen molar-refractivity contribution in [2.75, 3.05) is 33.9 Å². The third-order valence-electron chi connectivity index (χ3n) is 5.31. The number of carbonyl (C=O) groups excluding carboxylic acids is 3. The van der Waals surface area contributed by atoms with Gasteiger partial charge >= 0.3 is 0 Å². The normalized spacial score (nSPS) is 10.3. The Bertz CT molecular complexity index is 1160. The number of aryl methyl sites for hydroxylation is 1. The molecule has 0 saturated heterocycles. The maximum Gasteiger partial charge on any atom is 0.258 e. The molecule has 3 aromatic carbocycles. The minimum Gasteiger partial charge on any atom is -0.376 e. The van der Waals surface area contributed by atoms with Crippen LogP contribution in [0.5, 0.6) is 0 Å². The first-order valence-electron chi connectivity index (χ1n) is 11.3. The van der Waals surface area contributed by atoms with Gasteiger partial charge in [0, 0.05) is 41.3 Å². The first-order valence-corrected chi connectivity index (χ1v) is 11.3. The minimum atomic E-state index is -0.250. The van der Waals surface area contributed by atoms with Crippen LogP contribution in [0.2, 0.25) is 0 Å². The van der Waals surface area contributed by atoms with E-state index in [1.807, 2.05) is 56.3 Å². The molecule has 0 fully saturated rings. The largest absolute Gasteiger partial charge is 0.376 e. The van der Waals surface area contributed by atoms with Crippen LogP contribution < -0.4 is 20.9 Å². The third kappa shape index (κ3) is 6.45. The fourth-order valence-electron chi connectivity index (χ4n) is 3.43. The van der Waals surface area contributed by atoms with Crippen LogP contribution in [0.15, 0.2) is 72.8 Å². The molecule has 0 aliphatic rings. The van der Waals surface area contributed by atoms with E-state index in [0.29, 0.717) is 29.9 Å². The van der Waals surface area contributed by atoms with E-state index >= 15 is 0 Å². The predicted octanol–water partition coefficient (Wildman–Crippen LogP) is 5.06. The molecule has 0 unspecified atom stereocenters. The molecule has 3 amide bonds. The maximum absolute atomic E-state index is 13.1. The molecule has 0 saturated carbocycles. The average Bonchev–Trinajstić information content (AvgIpc) is 2.85. The van der Waals surface area contributed by atoms with Crippen LogP contribution in [0.1, 0.15) is 36.2 Å². The summed E-state index contributed by atoms with van der Waals surface area (Å²) in [7, 11) is 0. The van der Waals surface area contributed by atoms with Crippen molar-refractivity contribution < 1.29 is 14.4 Å². The Kier molecular flexibility index (Phi) is 8.40. The van der Waals surface area contributed by atoms with Gasteiger partial charge in [-0.3, -0.25) is 14.4 Å². The molecule has 34 heavy (non-hydrogen) atoms. The Labute approximate surface area is 200 Å². The van der Waals surface area contributed by atoms with E-state index < -0.39 is 0 Å². The SMILES string of the molecule is CCC(=O)Nc1cc(NCC(=O)Nc2cccc(C(=O)N(CC)c3ccccc3)c2)ccc1C. The Hall–Kier alpha value is -4.13. The van der Waals surface area contributed by atoms with Crippen LogP contribution in [-0.4, -0.2) is 30.8 Å². The summed E-state index contributed by atoms with van der Waals surface area (Å²) in [5.41, 5.74) is 4.23. The Morgan fingerprint density at radius 1 is 0.794 bits per heavy atom. The first-order chi connectivity index (χ1) is 16.4. The summed E-state index contributed by atoms with van der Waals surface area (Å²) in [6.07, 6.45) is 0.391. The molecule has 176 valence electrons. The molecule has 0 aliphatic heterocycles. The zero-order valence-corrected chi connectivity index (χ0v) is 19.7. The van der Waals surface area contributed by atoms with Crippen molar-refractivity contribution in [3.05, 3.63) is 83.9 Å². The predicted molar refractivity (Wildman–Crippen MR) is 137 cm³/mol. The molecule has 7 heteroatoms. The van der Waals surface area contributed by atoms with Gasteiger partial charge in [-0.25, -0.2) is 0 Å². The molecule has 0 aliphatic carbocycles. The summed E-state index contributed by atoms with van der Waals surface area (Å²) in [5.74, 6) is -0.453. The Balaban J connectivity index is 1.63. The van der Waals surface area contributed by atoms with Gasteiger partial charge in [0.25, 0.3) is 5.91 Å². The molecule has 3 aromatic rings. The summed E-state index contributed by atoms with van der Waals surface area (Å²) in [6, 6.07) is 21.9. The molecule has 0 atom stereocenters. The van der Waals surface area contributed by atoms with Crippen LogP contribution in [-0.2, 0) is 9.59 Å². The van der Waals surface area contributed by atoms with Crippen molar-refractivity contribution in [1.82, 2.24) is 0 Å². The molecule has 0 radical (unpaired) electrons. The standard InChI is InChI=1S/C27H30N4O3/c1-4-25(32)30-24-17-21(15-14-19(24)3)28-18-26(33)29-22-11-9-10-20(16-22)27(34)31(5-2)23-12-7-6-8-13-23/h6-17,28H,4-5,18H2,1-3H3,(H,29,33)(H,30,32). The van der Waals surface area contributed by atoms with Crippen LogP contribution in [0, 0.1) is 6.92 Å². The zero-order valence-electron chi connectivity index (χ0n) is 19.7. The topological polar surface area (TPSA) is 90.5 Å². The maximum atomic E-state index is 13.1. The smallest absolute Gasteiger partial charge is 0.258 e. The Morgan fingerprint density at radius 3 is 2.26 bits per heavy atom. The van der Waals surface area contributed by atoms with E-state index in [-0.39, 0.29) is 24.3 Å². The van der Waals surface area contributed by atoms with Gasteiger partial charge in [0.2, 0.25) is 11.8 Å². The highest BCUT2D eigenvalue weighted by atomic mass is 16.2. The van der Waals surface area contributed by atoms with Crippen molar-refractivity contribution >= 4 is 40.5 Å². The lowest BCUT2D eigenvalue weighted by molar-refractivity contribution is -0.116. The fourth-order valence-corrected chi connectivity index (χ4v) is 3.43. The van der Waals surface area contributed by atoms with E-state index in [1.165, 1.54) is 0 Å². The Morgan fingerprint density at radius 2 is 1.56 bits per heavy atom. The van der Waals surface area contributed by atoms with Gasteiger partial charge in [-0.2, -0.15) is 0 Å². The van der Waals surface area contributed by atoms with E-state index in [0.717, 1.165) is 16.9 Å². The molecule has 0 aromatic heterocycles. The lowest BCUT2D eigenvalue weighted by Crippen LogP contribution is -2.30. The van der Waals surface area contributed by atoms with Crippen LogP contribution in [0.25, 0.3) is 0 Å². The second-order valence-electron chi connectivity index (χ2n) is 7.80. The van der Waals surface area contributed by atoms with Gasteiger partial charge in [0.1, 0.15) is 0 Å². The highest BCUT2D eigenvalue weighted by Gasteiger charge is 2.16. The lowest BCUT2D eigenvalue weighted by Gasteiger charge is -2.21. The number of nitrogens with zero attached hydrogens (tertiary/aromatic N) is 1. The van der Waals surface area contributed by atoms with Crippen molar-refractivity contribution in [3.63, 3.8) is 0 Å². The van der Waals surface area contributed by atoms with Gasteiger partial charge in [-0.15, -0.1) is 0 Å². The van der Waals surface area contributed by atoms with Crippen molar-refractivity contribution in [3.8, 4) is 0 Å². The second kappa shape index (κ2) is 11.7. The van der Waals surface area contributed by atoms with Crippen molar-refractivity contribution in [2.24, 2.45) is 0 Å². The summed E-state index contributed by atoms with van der Waals surface area (Å²) in [5, 5.41) is 8.76. The van der Waals surface area contributed by atoms with Gasteiger partial charge in [-0.05, 0) is 61.9 Å². The number of para-hydroxylation sites is 1. The average molecular weight is 459 g/mol. The molecular weight excluding hydrogens is 428 g/mol. The summed E-state index contributed by atoms with van der Waals surface area (Å²) in [6.45, 7) is 6.19. The number of anilines is 4. The quantitative estimate of drug-likeness (QED) is 0.418. The lowest BCUT2D eigenvalue weighted by atomic mass is 10.1. The summed E-state index contributed by atoms with van der Waals surface area (Å²) < 4.78 is 0. The molecule has 0 heterocycles. The molecule has 3 rings (SSSR count). The van der Waals surface area contributed by atoms with E-state index in [4.69, 9.17) is 0 Å². The second-order valence-corrected chi connectivity index (χ2v) is 7.80. The number of nitrogens with one attached hydrogen (secondary N) is 3. The molecule has 0 spiro atoms. The highest BCUT2D eigenvalue weighted by molar-refractivity contribution is 6.07. The van der Waals surface area contributed by atoms with Crippen LogP contribution >= 0.6 is 0 Å². The van der Waals surface area contributed by atoms with E-state index in [9.17, 15) is 14.4 Å². The van der Waals surface area contributed by atoms with E-state index in [1.54, 1.807) is 42.2 Å². The molecular formula is C27H30N4O3. The molecule has 7 nitrogen and oxygen atoms in total. The third-order valence-corrected chi connectivity index (χ3v) is 5.31. The zero-order chi connectivity index (χ0) is 24.5. The number of benzene rings is 3. The van der Waals surface area contributed by atoms with Crippen LogP contribution in [0.4, 0.5) is 22.7 Å². The van der Waals surface area contributed by atoms with Crippen LogP contribution in [0.3, 0.4) is 0 Å². The van der Waals surface area contributed by atoms with Gasteiger partial charge in [-0.1, -0.05) is 37.3 Å².